The highest BCUT2D eigenvalue weighted by Gasteiger charge is 2.12. The van der Waals surface area contributed by atoms with Crippen LogP contribution < -0.4 is 5.32 Å². The van der Waals surface area contributed by atoms with Crippen molar-refractivity contribution in [1.29, 1.82) is 0 Å². The minimum absolute atomic E-state index is 0.0521. The Balaban J connectivity index is 1.85. The van der Waals surface area contributed by atoms with Crippen molar-refractivity contribution in [3.8, 4) is 0 Å². The van der Waals surface area contributed by atoms with Crippen LogP contribution in [-0.2, 0) is 11.2 Å². The van der Waals surface area contributed by atoms with E-state index in [2.05, 4.69) is 31.3 Å². The standard InChI is InChI=1S/C19H21NO2/c1-13(2)9-10-20-18(21)11-15-12-22-17-8-7-14-5-3-4-6-16(14)19(15)17/h3-8,12-13H,9-11H2,1-2H3,(H,20,21). The summed E-state index contributed by atoms with van der Waals surface area (Å²) in [4.78, 5) is 12.1. The third kappa shape index (κ3) is 2.98. The van der Waals surface area contributed by atoms with Gasteiger partial charge in [0, 0.05) is 17.5 Å². The van der Waals surface area contributed by atoms with Crippen molar-refractivity contribution in [1.82, 2.24) is 5.32 Å². The fourth-order valence-electron chi connectivity index (χ4n) is 2.74. The Kier molecular flexibility index (Phi) is 4.14. The molecule has 0 fully saturated rings. The van der Waals surface area contributed by atoms with Gasteiger partial charge in [0.1, 0.15) is 5.58 Å². The third-order valence-electron chi connectivity index (χ3n) is 3.93. The maximum absolute atomic E-state index is 12.1. The Labute approximate surface area is 130 Å². The molecule has 0 bridgehead atoms. The first-order valence-corrected chi connectivity index (χ1v) is 7.79. The Morgan fingerprint density at radius 1 is 1.18 bits per heavy atom. The van der Waals surface area contributed by atoms with Crippen molar-refractivity contribution >= 4 is 27.6 Å². The summed E-state index contributed by atoms with van der Waals surface area (Å²) in [6.07, 6.45) is 3.07. The number of hydrogen-bond acceptors (Lipinski definition) is 2. The molecule has 3 heteroatoms. The molecule has 2 aromatic carbocycles. The second-order valence-corrected chi connectivity index (χ2v) is 6.13. The summed E-state index contributed by atoms with van der Waals surface area (Å²) >= 11 is 0. The molecule has 1 amide bonds. The highest BCUT2D eigenvalue weighted by atomic mass is 16.3. The molecule has 0 saturated heterocycles. The third-order valence-corrected chi connectivity index (χ3v) is 3.93. The number of fused-ring (bicyclic) bond motifs is 3. The number of rotatable bonds is 5. The molecule has 0 aliphatic carbocycles. The lowest BCUT2D eigenvalue weighted by atomic mass is 10.0. The molecule has 114 valence electrons. The molecule has 0 atom stereocenters. The van der Waals surface area contributed by atoms with Crippen LogP contribution >= 0.6 is 0 Å². The first kappa shape index (κ1) is 14.6. The zero-order valence-corrected chi connectivity index (χ0v) is 13.1. The molecule has 3 rings (SSSR count). The van der Waals surface area contributed by atoms with Gasteiger partial charge in [0.25, 0.3) is 0 Å². The van der Waals surface area contributed by atoms with Crippen molar-refractivity contribution in [2.45, 2.75) is 26.7 Å². The SMILES string of the molecule is CC(C)CCNC(=O)Cc1coc2ccc3ccccc3c12. The van der Waals surface area contributed by atoms with Crippen LogP contribution in [0.4, 0.5) is 0 Å². The maximum Gasteiger partial charge on any atom is 0.224 e. The maximum atomic E-state index is 12.1. The van der Waals surface area contributed by atoms with E-state index >= 15 is 0 Å². The van der Waals surface area contributed by atoms with Gasteiger partial charge in [-0.1, -0.05) is 44.2 Å². The van der Waals surface area contributed by atoms with Crippen molar-refractivity contribution < 1.29 is 9.21 Å². The zero-order valence-electron chi connectivity index (χ0n) is 13.1. The molecule has 1 heterocycles. The molecule has 0 spiro atoms. The number of hydrogen-bond donors (Lipinski definition) is 1. The van der Waals surface area contributed by atoms with Gasteiger partial charge in [-0.3, -0.25) is 4.79 Å². The molecule has 0 saturated carbocycles. The van der Waals surface area contributed by atoms with Crippen LogP contribution in [0.2, 0.25) is 0 Å². The predicted molar refractivity (Wildman–Crippen MR) is 89.9 cm³/mol. The largest absolute Gasteiger partial charge is 0.464 e. The zero-order chi connectivity index (χ0) is 15.5. The Hall–Kier alpha value is -2.29. The fraction of sp³-hybridized carbons (Fsp3) is 0.316. The summed E-state index contributed by atoms with van der Waals surface area (Å²) in [5, 5.41) is 6.34. The number of amides is 1. The van der Waals surface area contributed by atoms with E-state index in [1.165, 1.54) is 0 Å². The highest BCUT2D eigenvalue weighted by molar-refractivity contribution is 6.08. The second-order valence-electron chi connectivity index (χ2n) is 6.13. The molecule has 0 aliphatic rings. The van der Waals surface area contributed by atoms with E-state index < -0.39 is 0 Å². The summed E-state index contributed by atoms with van der Waals surface area (Å²) in [7, 11) is 0. The molecule has 1 N–H and O–H groups in total. The van der Waals surface area contributed by atoms with Crippen LogP contribution in [0, 0.1) is 5.92 Å². The summed E-state index contributed by atoms with van der Waals surface area (Å²) in [5.41, 5.74) is 1.79. The lowest BCUT2D eigenvalue weighted by molar-refractivity contribution is -0.120. The summed E-state index contributed by atoms with van der Waals surface area (Å²) < 4.78 is 5.62. The van der Waals surface area contributed by atoms with Gasteiger partial charge in [0.05, 0.1) is 12.7 Å². The Bertz CT molecular complexity index is 801. The van der Waals surface area contributed by atoms with Crippen molar-refractivity contribution in [3.05, 3.63) is 48.2 Å². The molecule has 22 heavy (non-hydrogen) atoms. The molecular weight excluding hydrogens is 274 g/mol. The van der Waals surface area contributed by atoms with Crippen LogP contribution in [0.5, 0.6) is 0 Å². The van der Waals surface area contributed by atoms with Crippen molar-refractivity contribution in [2.75, 3.05) is 6.54 Å². The summed E-state index contributed by atoms with van der Waals surface area (Å²) in [6, 6.07) is 12.2. The van der Waals surface area contributed by atoms with Crippen LogP contribution in [0.15, 0.2) is 47.1 Å². The van der Waals surface area contributed by atoms with E-state index in [0.29, 0.717) is 12.3 Å². The topological polar surface area (TPSA) is 42.2 Å². The molecule has 0 aliphatic heterocycles. The average Bonchev–Trinajstić information content (AvgIpc) is 2.90. The van der Waals surface area contributed by atoms with E-state index in [4.69, 9.17) is 4.42 Å². The van der Waals surface area contributed by atoms with Gasteiger partial charge in [-0.2, -0.15) is 0 Å². The first-order valence-electron chi connectivity index (χ1n) is 7.79. The number of carbonyl (C=O) groups is 1. The molecule has 0 unspecified atom stereocenters. The van der Waals surface area contributed by atoms with Crippen LogP contribution in [-0.4, -0.2) is 12.5 Å². The van der Waals surface area contributed by atoms with E-state index in [1.54, 1.807) is 6.26 Å². The van der Waals surface area contributed by atoms with Gasteiger partial charge in [-0.25, -0.2) is 0 Å². The summed E-state index contributed by atoms with van der Waals surface area (Å²) in [5.74, 6) is 0.648. The molecule has 3 aromatic rings. The second kappa shape index (κ2) is 6.22. The minimum atomic E-state index is 0.0521. The Morgan fingerprint density at radius 2 is 2.00 bits per heavy atom. The fourth-order valence-corrected chi connectivity index (χ4v) is 2.74. The molecule has 0 radical (unpaired) electrons. The smallest absolute Gasteiger partial charge is 0.224 e. The van der Waals surface area contributed by atoms with Crippen LogP contribution in [0.25, 0.3) is 21.7 Å². The normalized spacial score (nSPS) is 11.4. The van der Waals surface area contributed by atoms with E-state index in [0.717, 1.165) is 40.3 Å². The molecular formula is C19H21NO2. The van der Waals surface area contributed by atoms with Crippen molar-refractivity contribution in [3.63, 3.8) is 0 Å². The number of nitrogens with one attached hydrogen (secondary N) is 1. The number of benzene rings is 2. The first-order chi connectivity index (χ1) is 10.6. The number of furan rings is 1. The molecule has 1 aromatic heterocycles. The van der Waals surface area contributed by atoms with Gasteiger partial charge in [0.15, 0.2) is 0 Å². The van der Waals surface area contributed by atoms with Crippen LogP contribution in [0.1, 0.15) is 25.8 Å². The minimum Gasteiger partial charge on any atom is -0.464 e. The van der Waals surface area contributed by atoms with Crippen molar-refractivity contribution in [2.24, 2.45) is 5.92 Å². The predicted octanol–water partition coefficient (Wildman–Crippen LogP) is 4.29. The van der Waals surface area contributed by atoms with Gasteiger partial charge in [-0.15, -0.1) is 0 Å². The highest BCUT2D eigenvalue weighted by Crippen LogP contribution is 2.30. The number of carbonyl (C=O) groups excluding carboxylic acids is 1. The summed E-state index contributed by atoms with van der Waals surface area (Å²) in [6.45, 7) is 5.04. The van der Waals surface area contributed by atoms with Crippen LogP contribution in [0.3, 0.4) is 0 Å². The lowest BCUT2D eigenvalue weighted by Gasteiger charge is -2.07. The Morgan fingerprint density at radius 3 is 2.82 bits per heavy atom. The van der Waals surface area contributed by atoms with E-state index in [9.17, 15) is 4.79 Å². The molecule has 3 nitrogen and oxygen atoms in total. The van der Waals surface area contributed by atoms with Gasteiger partial charge in [0.2, 0.25) is 5.91 Å². The monoisotopic (exact) mass is 295 g/mol. The van der Waals surface area contributed by atoms with Gasteiger partial charge in [-0.05, 0) is 29.2 Å². The van der Waals surface area contributed by atoms with Gasteiger partial charge >= 0.3 is 0 Å². The lowest BCUT2D eigenvalue weighted by Crippen LogP contribution is -2.26. The quantitative estimate of drug-likeness (QED) is 0.763. The van der Waals surface area contributed by atoms with E-state index in [1.807, 2.05) is 24.3 Å². The van der Waals surface area contributed by atoms with E-state index in [-0.39, 0.29) is 5.91 Å². The average molecular weight is 295 g/mol. The van der Waals surface area contributed by atoms with Gasteiger partial charge < -0.3 is 9.73 Å².